The van der Waals surface area contributed by atoms with Crippen molar-refractivity contribution >= 4 is 57.1 Å². The molecule has 0 saturated heterocycles. The topological polar surface area (TPSA) is 273 Å². The zero-order valence-electron chi connectivity index (χ0n) is 37.7. The van der Waals surface area contributed by atoms with Crippen LogP contribution in [0.4, 0.5) is 13.2 Å². The van der Waals surface area contributed by atoms with Crippen LogP contribution in [-0.2, 0) is 46.5 Å². The van der Waals surface area contributed by atoms with Gasteiger partial charge < -0.3 is 30.1 Å². The van der Waals surface area contributed by atoms with E-state index < -0.39 is 47.0 Å². The Bertz CT molecular complexity index is 3840. The maximum absolute atomic E-state index is 12.9. The van der Waals surface area contributed by atoms with Crippen molar-refractivity contribution in [2.45, 2.75) is 32.4 Å². The molecule has 364 valence electrons. The van der Waals surface area contributed by atoms with Gasteiger partial charge in [0.25, 0.3) is 23.6 Å². The molecule has 8 aromatic heterocycles. The lowest BCUT2D eigenvalue weighted by molar-refractivity contribution is -0.141. The SMILES string of the molecule is Cn1c(=O)oc2ccc(CNC(=O)c3cc(C(=O)NCc4cccc(C(F)(F)F)n4)n4nccc4n3)cc21.Cn1c(=O)oc2ccc(CNC(=O)c3cc(C(=O)NCc4ccccn4)n4nccc4n3)cc21. The van der Waals surface area contributed by atoms with Crippen molar-refractivity contribution in [3.8, 4) is 0 Å². The van der Waals surface area contributed by atoms with Crippen LogP contribution in [0.1, 0.15) is 70.2 Å². The summed E-state index contributed by atoms with van der Waals surface area (Å²) in [7, 11) is 3.18. The van der Waals surface area contributed by atoms with Crippen LogP contribution in [0, 0.1) is 0 Å². The average molecular weight is 983 g/mol. The zero-order chi connectivity index (χ0) is 50.7. The number of pyridine rings is 2. The molecule has 0 fully saturated rings. The van der Waals surface area contributed by atoms with E-state index in [9.17, 15) is 41.9 Å². The van der Waals surface area contributed by atoms with Crippen LogP contribution in [-0.4, -0.2) is 71.9 Å². The van der Waals surface area contributed by atoms with Gasteiger partial charge in [-0.2, -0.15) is 23.4 Å². The first-order valence-corrected chi connectivity index (χ1v) is 21.5. The van der Waals surface area contributed by atoms with Gasteiger partial charge in [0.05, 0.1) is 47.9 Å². The van der Waals surface area contributed by atoms with E-state index >= 15 is 0 Å². The number of aromatic nitrogens is 10. The normalized spacial score (nSPS) is 11.4. The third-order valence-electron chi connectivity index (χ3n) is 11.0. The van der Waals surface area contributed by atoms with Crippen LogP contribution in [0.2, 0.25) is 0 Å². The maximum Gasteiger partial charge on any atom is 0.433 e. The highest BCUT2D eigenvalue weighted by Gasteiger charge is 2.32. The number of amides is 4. The molecule has 4 N–H and O–H groups in total. The molecule has 0 bridgehead atoms. The van der Waals surface area contributed by atoms with Crippen LogP contribution >= 0.6 is 0 Å². The number of carbonyl (C=O) groups is 4. The van der Waals surface area contributed by atoms with Gasteiger partial charge in [0, 0.05) is 57.6 Å². The lowest BCUT2D eigenvalue weighted by Crippen LogP contribution is -2.29. The van der Waals surface area contributed by atoms with Gasteiger partial charge in [-0.15, -0.1) is 0 Å². The minimum absolute atomic E-state index is 0.00370. The van der Waals surface area contributed by atoms with E-state index in [0.29, 0.717) is 39.1 Å². The van der Waals surface area contributed by atoms with Crippen LogP contribution in [0.15, 0.2) is 134 Å². The number of alkyl halides is 3. The van der Waals surface area contributed by atoms with Crippen molar-refractivity contribution in [2.24, 2.45) is 14.1 Å². The number of benzene rings is 2. The Labute approximate surface area is 401 Å². The lowest BCUT2D eigenvalue weighted by atomic mass is 10.2. The van der Waals surface area contributed by atoms with Gasteiger partial charge in [0.2, 0.25) is 0 Å². The Hall–Kier alpha value is -9.81. The molecule has 0 aliphatic rings. The van der Waals surface area contributed by atoms with Crippen molar-refractivity contribution in [1.82, 2.24) is 69.6 Å². The summed E-state index contributed by atoms with van der Waals surface area (Å²) in [5, 5.41) is 19.0. The molecule has 22 nitrogen and oxygen atoms in total. The average Bonchev–Trinajstić information content (AvgIpc) is 4.19. The van der Waals surface area contributed by atoms with Crippen LogP contribution in [0.3, 0.4) is 0 Å². The second kappa shape index (κ2) is 19.7. The second-order valence-electron chi connectivity index (χ2n) is 15.8. The van der Waals surface area contributed by atoms with Crippen molar-refractivity contribution in [3.63, 3.8) is 0 Å². The fourth-order valence-corrected chi connectivity index (χ4v) is 7.25. The summed E-state index contributed by atoms with van der Waals surface area (Å²) in [6, 6.07) is 24.8. The van der Waals surface area contributed by atoms with Gasteiger partial charge in [-0.05, 0) is 59.7 Å². The molecule has 4 amide bonds. The number of oxazole rings is 2. The largest absolute Gasteiger partial charge is 0.433 e. The zero-order valence-corrected chi connectivity index (χ0v) is 37.7. The summed E-state index contributed by atoms with van der Waals surface area (Å²) in [5.41, 5.74) is 3.88. The molecular formula is C47H37F3N14O8. The summed E-state index contributed by atoms with van der Waals surface area (Å²) < 4.78 is 54.3. The predicted molar refractivity (Wildman–Crippen MR) is 247 cm³/mol. The number of carbonyl (C=O) groups excluding carboxylic acids is 4. The summed E-state index contributed by atoms with van der Waals surface area (Å²) in [5.74, 6) is -3.10. The van der Waals surface area contributed by atoms with E-state index in [2.05, 4.69) is 51.4 Å². The molecule has 0 spiro atoms. The number of hydrogen-bond acceptors (Lipinski definition) is 14. The van der Waals surface area contributed by atoms with E-state index in [4.69, 9.17) is 8.83 Å². The number of aryl methyl sites for hydroxylation is 2. The summed E-state index contributed by atoms with van der Waals surface area (Å²) in [4.78, 5) is 91.1. The van der Waals surface area contributed by atoms with Gasteiger partial charge in [-0.3, -0.25) is 33.3 Å². The maximum atomic E-state index is 12.9. The molecule has 2 aromatic carbocycles. The fraction of sp³-hybridized carbons (Fsp3) is 0.149. The number of rotatable bonds is 12. The van der Waals surface area contributed by atoms with E-state index in [0.717, 1.165) is 11.6 Å². The quantitative estimate of drug-likeness (QED) is 0.135. The molecule has 0 radical (unpaired) electrons. The molecule has 25 heteroatoms. The first-order chi connectivity index (χ1) is 34.6. The molecule has 10 rings (SSSR count). The standard InChI is InChI=1S/C24H18F3N7O4.C23H19N7O4/c1-33-16-9-13(5-6-18(16)38-23(33)37)11-28-21(35)15-10-17(34-20(32-15)7-8-30-34)22(36)29-12-14-3-2-4-19(31-14)24(25,26)27;1-29-17-10-14(5-6-19(17)34-23(29)33)12-25-21(31)16-11-18(30-20(28-16)7-9-27-30)22(32)26-13-15-4-2-3-8-24-15/h2-10H,11-12H2,1H3,(H,28,35)(H,29,36);2-11H,12-13H2,1H3,(H,25,31)(H,26,32). The van der Waals surface area contributed by atoms with Crippen LogP contribution in [0.25, 0.3) is 33.5 Å². The van der Waals surface area contributed by atoms with Gasteiger partial charge in [0.15, 0.2) is 22.5 Å². The first kappa shape index (κ1) is 47.3. The molecule has 0 saturated carbocycles. The molecule has 72 heavy (non-hydrogen) atoms. The molecule has 0 aliphatic carbocycles. The highest BCUT2D eigenvalue weighted by molar-refractivity contribution is 5.99. The molecule has 0 unspecified atom stereocenters. The Morgan fingerprint density at radius 1 is 0.542 bits per heavy atom. The Balaban J connectivity index is 0.000000179. The third-order valence-corrected chi connectivity index (χ3v) is 11.0. The summed E-state index contributed by atoms with van der Waals surface area (Å²) in [6.07, 6.45) is -0.0783. The minimum atomic E-state index is -4.62. The van der Waals surface area contributed by atoms with Crippen LogP contribution < -0.4 is 32.8 Å². The number of halogens is 3. The minimum Gasteiger partial charge on any atom is -0.408 e. The highest BCUT2D eigenvalue weighted by atomic mass is 19.4. The van der Waals surface area contributed by atoms with E-state index in [1.807, 2.05) is 6.07 Å². The number of hydrogen-bond donors (Lipinski definition) is 4. The lowest BCUT2D eigenvalue weighted by Gasteiger charge is -2.11. The van der Waals surface area contributed by atoms with Gasteiger partial charge in [-0.1, -0.05) is 24.3 Å². The van der Waals surface area contributed by atoms with Crippen molar-refractivity contribution < 1.29 is 41.2 Å². The Morgan fingerprint density at radius 2 is 1.03 bits per heavy atom. The third kappa shape index (κ3) is 10.1. The van der Waals surface area contributed by atoms with E-state index in [1.165, 1.54) is 60.9 Å². The highest BCUT2D eigenvalue weighted by Crippen LogP contribution is 2.27. The van der Waals surface area contributed by atoms with Gasteiger partial charge in [0.1, 0.15) is 28.5 Å². The predicted octanol–water partition coefficient (Wildman–Crippen LogP) is 3.88. The first-order valence-electron chi connectivity index (χ1n) is 21.5. The molecule has 8 heterocycles. The van der Waals surface area contributed by atoms with Gasteiger partial charge in [-0.25, -0.2) is 33.6 Å². The summed E-state index contributed by atoms with van der Waals surface area (Å²) in [6.45, 7) is 0.240. The van der Waals surface area contributed by atoms with Crippen LogP contribution in [0.5, 0.6) is 0 Å². The second-order valence-corrected chi connectivity index (χ2v) is 15.8. The number of fused-ring (bicyclic) bond motifs is 4. The van der Waals surface area contributed by atoms with E-state index in [1.54, 1.807) is 74.9 Å². The van der Waals surface area contributed by atoms with Crippen molar-refractivity contribution in [1.29, 1.82) is 0 Å². The smallest absolute Gasteiger partial charge is 0.408 e. The van der Waals surface area contributed by atoms with E-state index in [-0.39, 0.29) is 60.3 Å². The monoisotopic (exact) mass is 982 g/mol. The fourth-order valence-electron chi connectivity index (χ4n) is 7.25. The van der Waals surface area contributed by atoms with Crippen molar-refractivity contribution in [3.05, 3.63) is 188 Å². The summed E-state index contributed by atoms with van der Waals surface area (Å²) >= 11 is 0. The number of nitrogens with zero attached hydrogens (tertiary/aromatic N) is 10. The molecule has 0 atom stereocenters. The Kier molecular flexibility index (Phi) is 12.9. The van der Waals surface area contributed by atoms with Crippen molar-refractivity contribution in [2.75, 3.05) is 0 Å². The molecule has 10 aromatic rings. The van der Waals surface area contributed by atoms with Gasteiger partial charge >= 0.3 is 17.7 Å². The Morgan fingerprint density at radius 3 is 1.51 bits per heavy atom. The molecule has 0 aliphatic heterocycles. The number of nitrogens with one attached hydrogen (secondary N) is 4. The molecular weight excluding hydrogens is 946 g/mol.